The summed E-state index contributed by atoms with van der Waals surface area (Å²) in [6.07, 6.45) is 12.4. The third-order valence-corrected chi connectivity index (χ3v) is 15.8. The van der Waals surface area contributed by atoms with Gasteiger partial charge in [-0.3, -0.25) is 4.79 Å². The average Bonchev–Trinajstić information content (AvgIpc) is 3.32. The summed E-state index contributed by atoms with van der Waals surface area (Å²) in [5.74, 6) is 3.77. The first-order valence-electron chi connectivity index (χ1n) is 18.3. The Labute approximate surface area is 273 Å². The molecule has 1 aromatic rings. The van der Waals surface area contributed by atoms with E-state index in [1.807, 2.05) is 19.0 Å². The monoisotopic (exact) mass is 618 g/mol. The lowest BCUT2D eigenvalue weighted by atomic mass is 9.32. The summed E-state index contributed by atoms with van der Waals surface area (Å²) < 4.78 is 0. The summed E-state index contributed by atoms with van der Waals surface area (Å²) in [6, 6.07) is 7.80. The van der Waals surface area contributed by atoms with Gasteiger partial charge in [-0.05, 0) is 159 Å². The molecule has 0 radical (unpaired) electrons. The number of fused-ring (bicyclic) bond motifs is 7. The minimum absolute atomic E-state index is 0.0350. The maximum atomic E-state index is 13.3. The number of aromatic carboxylic acids is 1. The van der Waals surface area contributed by atoms with Gasteiger partial charge in [-0.25, -0.2) is 4.79 Å². The van der Waals surface area contributed by atoms with Crippen molar-refractivity contribution >= 4 is 11.9 Å². The first kappa shape index (κ1) is 33.0. The number of nitrogens with one attached hydrogen (secondary N) is 1. The van der Waals surface area contributed by atoms with Gasteiger partial charge in [0.25, 0.3) is 0 Å². The van der Waals surface area contributed by atoms with Gasteiger partial charge in [0.2, 0.25) is 5.91 Å². The molecule has 0 spiro atoms. The predicted molar refractivity (Wildman–Crippen MR) is 182 cm³/mol. The number of carbonyl (C=O) groups excluding carboxylic acids is 1. The van der Waals surface area contributed by atoms with E-state index in [9.17, 15) is 14.7 Å². The molecule has 1 amide bonds. The Bertz CT molecular complexity index is 1300. The lowest BCUT2D eigenvalue weighted by Gasteiger charge is -2.73. The molecule has 0 bridgehead atoms. The highest BCUT2D eigenvalue weighted by molar-refractivity contribution is 5.87. The van der Waals surface area contributed by atoms with Crippen LogP contribution in [0.1, 0.15) is 135 Å². The largest absolute Gasteiger partial charge is 0.478 e. The molecule has 0 heterocycles. The van der Waals surface area contributed by atoms with Crippen LogP contribution in [0.25, 0.3) is 0 Å². The second-order valence-corrected chi connectivity index (χ2v) is 18.4. The number of hydrogen-bond donors (Lipinski definition) is 2. The highest BCUT2D eigenvalue weighted by Gasteiger charge is 2.71. The van der Waals surface area contributed by atoms with Gasteiger partial charge in [0.1, 0.15) is 0 Å². The van der Waals surface area contributed by atoms with Crippen molar-refractivity contribution in [3.05, 3.63) is 35.4 Å². The zero-order chi connectivity index (χ0) is 32.7. The molecule has 0 saturated heterocycles. The molecule has 6 rings (SSSR count). The Morgan fingerprint density at radius 2 is 1.53 bits per heavy atom. The van der Waals surface area contributed by atoms with E-state index in [-0.39, 0.29) is 22.3 Å². The van der Waals surface area contributed by atoms with E-state index in [4.69, 9.17) is 0 Å². The van der Waals surface area contributed by atoms with Crippen LogP contribution in [0.5, 0.6) is 0 Å². The van der Waals surface area contributed by atoms with Crippen molar-refractivity contribution in [2.75, 3.05) is 20.6 Å². The Morgan fingerprint density at radius 1 is 0.844 bits per heavy atom. The van der Waals surface area contributed by atoms with Crippen LogP contribution in [0.3, 0.4) is 0 Å². The number of rotatable bonds is 6. The molecular formula is C40H62N2O3. The standard InChI is InChI=1S/C40H62N2O3/c1-25(2)28-16-21-40(41-33(43)24-42(8)9)23-22-38(6)30(34(28)40)14-15-32-37(5)19-17-29(26-10-12-27(13-11-26)35(44)45)36(3,4)31(37)18-20-39(32,38)7/h10-13,25,28-32,34H,14-24H2,1-9H3,(H,41,43)(H,44,45)/t28-,29+,30+,31-,32+,34+,37-,38+,39+,40-/m0/s1. The van der Waals surface area contributed by atoms with E-state index in [2.05, 4.69) is 65.9 Å². The summed E-state index contributed by atoms with van der Waals surface area (Å²) in [4.78, 5) is 26.9. The fraction of sp³-hybridized carbons (Fsp3) is 0.800. The summed E-state index contributed by atoms with van der Waals surface area (Å²) in [5, 5.41) is 13.2. The SMILES string of the molecule is CC(C)[C@@H]1CC[C@]2(NC(=O)CN(C)C)CC[C@]3(C)[C@H](CC[C@@H]4[C@@]5(C)CC[C@H](c6ccc(C(=O)O)cc6)C(C)(C)[C@@H]5CC[C@]43C)[C@@H]12. The molecule has 5 fully saturated rings. The number of likely N-dealkylation sites (N-methyl/N-ethyl adjacent to an activating group) is 1. The predicted octanol–water partition coefficient (Wildman–Crippen LogP) is 8.64. The van der Waals surface area contributed by atoms with Gasteiger partial charge in [0.05, 0.1) is 12.1 Å². The zero-order valence-electron chi connectivity index (χ0n) is 29.8. The molecular weight excluding hydrogens is 556 g/mol. The molecule has 1 aromatic carbocycles. The maximum Gasteiger partial charge on any atom is 0.335 e. The number of hydrogen-bond acceptors (Lipinski definition) is 3. The fourth-order valence-electron chi connectivity index (χ4n) is 13.7. The van der Waals surface area contributed by atoms with Crippen molar-refractivity contribution < 1.29 is 14.7 Å². The van der Waals surface area contributed by atoms with Gasteiger partial charge in [-0.2, -0.15) is 0 Å². The third-order valence-electron chi connectivity index (χ3n) is 15.8. The Hall–Kier alpha value is -1.88. The van der Waals surface area contributed by atoms with E-state index in [1.54, 1.807) is 12.1 Å². The summed E-state index contributed by atoms with van der Waals surface area (Å²) >= 11 is 0. The van der Waals surface area contributed by atoms with Crippen molar-refractivity contribution in [3.63, 3.8) is 0 Å². The second-order valence-electron chi connectivity index (χ2n) is 18.4. The number of carbonyl (C=O) groups is 2. The van der Waals surface area contributed by atoms with Crippen LogP contribution in [-0.2, 0) is 4.79 Å². The third kappa shape index (κ3) is 4.86. The van der Waals surface area contributed by atoms with E-state index >= 15 is 0 Å². The summed E-state index contributed by atoms with van der Waals surface area (Å²) in [5.41, 5.74) is 2.72. The normalized spacial score (nSPS) is 43.6. The van der Waals surface area contributed by atoms with Gasteiger partial charge in [-0.15, -0.1) is 0 Å². The van der Waals surface area contributed by atoms with Gasteiger partial charge >= 0.3 is 5.97 Å². The topological polar surface area (TPSA) is 69.6 Å². The minimum Gasteiger partial charge on any atom is -0.478 e. The first-order chi connectivity index (χ1) is 21.0. The molecule has 45 heavy (non-hydrogen) atoms. The number of benzene rings is 1. The molecule has 0 aliphatic heterocycles. The number of carboxylic acids is 1. The van der Waals surface area contributed by atoms with E-state index < -0.39 is 5.97 Å². The van der Waals surface area contributed by atoms with Crippen LogP contribution < -0.4 is 5.32 Å². The molecule has 0 aromatic heterocycles. The van der Waals surface area contributed by atoms with Crippen LogP contribution >= 0.6 is 0 Å². The van der Waals surface area contributed by atoms with Crippen LogP contribution in [0.15, 0.2) is 24.3 Å². The molecule has 5 saturated carbocycles. The summed E-state index contributed by atoms with van der Waals surface area (Å²) in [6.45, 7) is 18.5. The molecule has 10 atom stereocenters. The van der Waals surface area contributed by atoms with Gasteiger partial charge in [-0.1, -0.05) is 60.6 Å². The van der Waals surface area contributed by atoms with Crippen molar-refractivity contribution in [1.82, 2.24) is 10.2 Å². The Kier molecular flexibility index (Phi) is 8.15. The number of carboxylic acid groups (broad SMARTS) is 1. The second kappa shape index (κ2) is 11.1. The highest BCUT2D eigenvalue weighted by Crippen LogP contribution is 2.77. The van der Waals surface area contributed by atoms with Crippen molar-refractivity contribution in [1.29, 1.82) is 0 Å². The lowest BCUT2D eigenvalue weighted by molar-refractivity contribution is -0.235. The van der Waals surface area contributed by atoms with Crippen LogP contribution in [0.2, 0.25) is 0 Å². The summed E-state index contributed by atoms with van der Waals surface area (Å²) in [7, 11) is 4.00. The van der Waals surface area contributed by atoms with Crippen molar-refractivity contribution in [2.45, 2.75) is 124 Å². The zero-order valence-corrected chi connectivity index (χ0v) is 29.8. The van der Waals surface area contributed by atoms with Crippen molar-refractivity contribution in [2.24, 2.45) is 57.2 Å². The molecule has 2 N–H and O–H groups in total. The minimum atomic E-state index is -0.846. The van der Waals surface area contributed by atoms with Crippen molar-refractivity contribution in [3.8, 4) is 0 Å². The smallest absolute Gasteiger partial charge is 0.335 e. The average molecular weight is 619 g/mol. The van der Waals surface area contributed by atoms with E-state index in [1.165, 1.54) is 56.9 Å². The fourth-order valence-corrected chi connectivity index (χ4v) is 13.7. The quantitative estimate of drug-likeness (QED) is 0.335. The highest BCUT2D eigenvalue weighted by atomic mass is 16.4. The lowest BCUT2D eigenvalue weighted by Crippen LogP contribution is -2.69. The maximum absolute atomic E-state index is 13.3. The molecule has 5 aliphatic carbocycles. The molecule has 0 unspecified atom stereocenters. The Morgan fingerprint density at radius 3 is 2.16 bits per heavy atom. The van der Waals surface area contributed by atoms with E-state index in [0.29, 0.717) is 64.4 Å². The number of amides is 1. The number of nitrogens with zero attached hydrogens (tertiary/aromatic N) is 1. The van der Waals surface area contributed by atoms with Gasteiger partial charge in [0.15, 0.2) is 0 Å². The molecule has 5 nitrogen and oxygen atoms in total. The Balaban J connectivity index is 1.31. The molecule has 5 aliphatic rings. The molecule has 250 valence electrons. The first-order valence-corrected chi connectivity index (χ1v) is 18.3. The van der Waals surface area contributed by atoms with Gasteiger partial charge < -0.3 is 15.3 Å². The van der Waals surface area contributed by atoms with Crippen LogP contribution in [0.4, 0.5) is 0 Å². The molecule has 5 heteroatoms. The van der Waals surface area contributed by atoms with Crippen LogP contribution in [0, 0.1) is 57.2 Å². The van der Waals surface area contributed by atoms with Crippen LogP contribution in [-0.4, -0.2) is 48.1 Å². The van der Waals surface area contributed by atoms with Gasteiger partial charge in [0, 0.05) is 5.54 Å². The van der Waals surface area contributed by atoms with E-state index in [0.717, 1.165) is 12.8 Å².